The van der Waals surface area contributed by atoms with E-state index < -0.39 is 0 Å². The van der Waals surface area contributed by atoms with E-state index in [4.69, 9.17) is 4.74 Å². The summed E-state index contributed by atoms with van der Waals surface area (Å²) in [5, 5.41) is 3.16. The third-order valence-corrected chi connectivity index (χ3v) is 1.14. The van der Waals surface area contributed by atoms with Gasteiger partial charge in [0.2, 0.25) is 0 Å². The molecule has 0 atom stereocenters. The molecule has 0 radical (unpaired) electrons. The van der Waals surface area contributed by atoms with Crippen LogP contribution in [0.1, 0.15) is 13.3 Å². The molecule has 0 aromatic rings. The fourth-order valence-corrected chi connectivity index (χ4v) is 0.516. The first-order valence-electron chi connectivity index (χ1n) is 3.81. The van der Waals surface area contributed by atoms with Crippen LogP contribution in [0.15, 0.2) is 12.7 Å². The monoisotopic (exact) mass is 143 g/mol. The molecule has 1 fully saturated rings. The molecule has 1 aliphatic rings. The number of ether oxygens (including phenoxy) is 1. The van der Waals surface area contributed by atoms with Gasteiger partial charge in [-0.25, -0.2) is 0 Å². The first-order valence-corrected chi connectivity index (χ1v) is 3.81. The molecule has 60 valence electrons. The van der Waals surface area contributed by atoms with E-state index in [1.165, 1.54) is 0 Å². The van der Waals surface area contributed by atoms with Crippen molar-refractivity contribution in [3.8, 4) is 0 Å². The van der Waals surface area contributed by atoms with Gasteiger partial charge in [-0.05, 0) is 6.42 Å². The molecule has 2 nitrogen and oxygen atoms in total. The second-order valence-electron chi connectivity index (χ2n) is 2.06. The third-order valence-electron chi connectivity index (χ3n) is 1.14. The highest BCUT2D eigenvalue weighted by molar-refractivity contribution is 4.60. The van der Waals surface area contributed by atoms with Gasteiger partial charge < -0.3 is 10.1 Å². The van der Waals surface area contributed by atoms with Crippen LogP contribution in [-0.2, 0) is 4.74 Å². The van der Waals surface area contributed by atoms with Crippen LogP contribution in [0.3, 0.4) is 0 Å². The predicted molar refractivity (Wildman–Crippen MR) is 44.2 cm³/mol. The predicted octanol–water partition coefficient (Wildman–Crippen LogP) is 1.19. The Hall–Kier alpha value is -0.340. The van der Waals surface area contributed by atoms with E-state index in [2.05, 4.69) is 18.8 Å². The summed E-state index contributed by atoms with van der Waals surface area (Å²) < 4.78 is 5.01. The van der Waals surface area contributed by atoms with Crippen molar-refractivity contribution < 1.29 is 4.74 Å². The van der Waals surface area contributed by atoms with E-state index in [0.29, 0.717) is 0 Å². The van der Waals surface area contributed by atoms with Gasteiger partial charge in [0.1, 0.15) is 0 Å². The van der Waals surface area contributed by atoms with Gasteiger partial charge in [0.25, 0.3) is 0 Å². The first kappa shape index (κ1) is 9.66. The zero-order valence-electron chi connectivity index (χ0n) is 6.73. The second kappa shape index (κ2) is 8.66. The summed E-state index contributed by atoms with van der Waals surface area (Å²) in [7, 11) is 0. The molecule has 0 aliphatic carbocycles. The number of morpholine rings is 1. The van der Waals surface area contributed by atoms with Crippen LogP contribution in [0, 0.1) is 0 Å². The molecule has 1 N–H and O–H groups in total. The van der Waals surface area contributed by atoms with Gasteiger partial charge in [-0.3, -0.25) is 0 Å². The third kappa shape index (κ3) is 7.66. The largest absolute Gasteiger partial charge is 0.379 e. The number of nitrogens with one attached hydrogen (secondary N) is 1. The Bertz CT molecular complexity index is 58.1. The average Bonchev–Trinajstić information content (AvgIpc) is 2.08. The van der Waals surface area contributed by atoms with Gasteiger partial charge in [-0.1, -0.05) is 13.0 Å². The molecule has 1 heterocycles. The quantitative estimate of drug-likeness (QED) is 0.557. The molecule has 1 aliphatic heterocycles. The summed E-state index contributed by atoms with van der Waals surface area (Å²) in [6.45, 7) is 9.38. The summed E-state index contributed by atoms with van der Waals surface area (Å²) in [5.74, 6) is 0. The molecule has 1 saturated heterocycles. The fourth-order valence-electron chi connectivity index (χ4n) is 0.516. The minimum absolute atomic E-state index is 0.889. The normalized spacial score (nSPS) is 16.9. The van der Waals surface area contributed by atoms with Crippen molar-refractivity contribution in [1.82, 2.24) is 5.32 Å². The van der Waals surface area contributed by atoms with E-state index in [9.17, 15) is 0 Å². The lowest BCUT2D eigenvalue weighted by atomic mass is 10.5. The molecule has 2 heteroatoms. The number of allylic oxidation sites excluding steroid dienone is 1. The van der Waals surface area contributed by atoms with Gasteiger partial charge >= 0.3 is 0 Å². The van der Waals surface area contributed by atoms with Gasteiger partial charge in [0.15, 0.2) is 0 Å². The van der Waals surface area contributed by atoms with Crippen molar-refractivity contribution in [2.45, 2.75) is 13.3 Å². The minimum atomic E-state index is 0.889. The molecule has 0 aromatic heterocycles. The Kier molecular flexibility index (Phi) is 8.37. The summed E-state index contributed by atoms with van der Waals surface area (Å²) in [4.78, 5) is 0. The summed E-state index contributed by atoms with van der Waals surface area (Å²) in [6, 6.07) is 0. The van der Waals surface area contributed by atoms with E-state index in [-0.39, 0.29) is 0 Å². The van der Waals surface area contributed by atoms with Crippen molar-refractivity contribution in [3.63, 3.8) is 0 Å². The van der Waals surface area contributed by atoms with Crippen molar-refractivity contribution in [2.24, 2.45) is 0 Å². The second-order valence-corrected chi connectivity index (χ2v) is 2.06. The minimum Gasteiger partial charge on any atom is -0.379 e. The van der Waals surface area contributed by atoms with Gasteiger partial charge in [-0.2, -0.15) is 0 Å². The Morgan fingerprint density at radius 2 is 2.00 bits per heavy atom. The Morgan fingerprint density at radius 1 is 1.50 bits per heavy atom. The topological polar surface area (TPSA) is 21.3 Å². The average molecular weight is 143 g/mol. The zero-order chi connectivity index (χ0) is 7.66. The van der Waals surface area contributed by atoms with Crippen molar-refractivity contribution in [1.29, 1.82) is 0 Å². The van der Waals surface area contributed by atoms with Crippen molar-refractivity contribution in [2.75, 3.05) is 26.3 Å². The van der Waals surface area contributed by atoms with Crippen molar-refractivity contribution >= 4 is 0 Å². The number of hydrogen-bond acceptors (Lipinski definition) is 2. The SMILES string of the molecule is C1COCCN1.C=CCC. The Morgan fingerprint density at radius 3 is 2.10 bits per heavy atom. The van der Waals surface area contributed by atoms with E-state index in [1.54, 1.807) is 0 Å². The maximum atomic E-state index is 5.01. The molecule has 0 spiro atoms. The van der Waals surface area contributed by atoms with Crippen LogP contribution < -0.4 is 5.32 Å². The standard InChI is InChI=1S/C4H9NO.C4H8/c1-3-6-4-2-5-1;1-3-4-2/h5H,1-4H2;3H,1,4H2,2H3. The lowest BCUT2D eigenvalue weighted by Gasteiger charge is -2.10. The van der Waals surface area contributed by atoms with Crippen LogP contribution in [-0.4, -0.2) is 26.3 Å². The van der Waals surface area contributed by atoms with E-state index in [0.717, 1.165) is 32.7 Å². The molecule has 0 unspecified atom stereocenters. The highest BCUT2D eigenvalue weighted by atomic mass is 16.5. The van der Waals surface area contributed by atoms with Crippen LogP contribution in [0.25, 0.3) is 0 Å². The zero-order valence-corrected chi connectivity index (χ0v) is 6.73. The first-order chi connectivity index (χ1) is 4.91. The molecular weight excluding hydrogens is 126 g/mol. The van der Waals surface area contributed by atoms with E-state index >= 15 is 0 Å². The van der Waals surface area contributed by atoms with Crippen LogP contribution in [0.2, 0.25) is 0 Å². The van der Waals surface area contributed by atoms with Gasteiger partial charge in [0.05, 0.1) is 13.2 Å². The van der Waals surface area contributed by atoms with Crippen LogP contribution >= 0.6 is 0 Å². The number of rotatable bonds is 1. The summed E-state index contributed by atoms with van der Waals surface area (Å²) in [5.41, 5.74) is 0. The molecular formula is C8H17NO. The van der Waals surface area contributed by atoms with Crippen LogP contribution in [0.4, 0.5) is 0 Å². The maximum absolute atomic E-state index is 5.01. The highest BCUT2D eigenvalue weighted by Crippen LogP contribution is 1.76. The fraction of sp³-hybridized carbons (Fsp3) is 0.750. The van der Waals surface area contributed by atoms with Crippen LogP contribution in [0.5, 0.6) is 0 Å². The van der Waals surface area contributed by atoms with Gasteiger partial charge in [-0.15, -0.1) is 6.58 Å². The molecule has 0 bridgehead atoms. The lowest BCUT2D eigenvalue weighted by Crippen LogP contribution is -2.30. The molecule has 0 saturated carbocycles. The number of hydrogen-bond donors (Lipinski definition) is 1. The Balaban J connectivity index is 0.000000180. The highest BCUT2D eigenvalue weighted by Gasteiger charge is 1.92. The smallest absolute Gasteiger partial charge is 0.0591 e. The summed E-state index contributed by atoms with van der Waals surface area (Å²) in [6.07, 6.45) is 2.96. The van der Waals surface area contributed by atoms with Crippen molar-refractivity contribution in [3.05, 3.63) is 12.7 Å². The van der Waals surface area contributed by atoms with E-state index in [1.807, 2.05) is 6.08 Å². The maximum Gasteiger partial charge on any atom is 0.0591 e. The molecule has 1 rings (SSSR count). The lowest BCUT2D eigenvalue weighted by molar-refractivity contribution is 0.109. The Labute approximate surface area is 63.3 Å². The molecule has 0 amide bonds. The molecule has 10 heavy (non-hydrogen) atoms. The van der Waals surface area contributed by atoms with Gasteiger partial charge in [0, 0.05) is 13.1 Å². The summed E-state index contributed by atoms with van der Waals surface area (Å²) >= 11 is 0. The molecule has 0 aromatic carbocycles.